The molecule has 10 heteroatoms. The van der Waals surface area contributed by atoms with Gasteiger partial charge in [0.25, 0.3) is 11.8 Å². The highest BCUT2D eigenvalue weighted by Gasteiger charge is 2.24. The maximum atomic E-state index is 12.5. The summed E-state index contributed by atoms with van der Waals surface area (Å²) in [6.07, 6.45) is 2.18. The number of hydrogen-bond acceptors (Lipinski definition) is 7. The largest absolute Gasteiger partial charge is 0.496 e. The number of carbonyl (C=O) groups excluding carboxylic acids is 4. The molecule has 0 fully saturated rings. The Kier molecular flexibility index (Phi) is 10.5. The molecule has 4 amide bonds. The molecule has 0 aliphatic heterocycles. The van der Waals surface area contributed by atoms with Gasteiger partial charge in [0.1, 0.15) is 11.8 Å². The van der Waals surface area contributed by atoms with E-state index in [1.165, 1.54) is 18.9 Å². The Hall–Kier alpha value is -2.75. The van der Waals surface area contributed by atoms with Gasteiger partial charge in [-0.25, -0.2) is 9.59 Å². The molecule has 1 rings (SSSR count). The summed E-state index contributed by atoms with van der Waals surface area (Å²) in [5.74, 6) is -1.05. The van der Waals surface area contributed by atoms with E-state index in [9.17, 15) is 19.2 Å². The molecule has 28 heavy (non-hydrogen) atoms. The molecule has 0 heterocycles. The van der Waals surface area contributed by atoms with Crippen LogP contribution in [-0.2, 0) is 14.3 Å². The second kappa shape index (κ2) is 12.6. The van der Waals surface area contributed by atoms with Crippen LogP contribution < -0.4 is 20.7 Å². The van der Waals surface area contributed by atoms with Crippen LogP contribution in [0.15, 0.2) is 24.3 Å². The van der Waals surface area contributed by atoms with Crippen molar-refractivity contribution >= 4 is 35.6 Å². The minimum atomic E-state index is -0.942. The van der Waals surface area contributed by atoms with Gasteiger partial charge in [0.15, 0.2) is 6.61 Å². The summed E-state index contributed by atoms with van der Waals surface area (Å²) in [6.45, 7) is 1.42. The fourth-order valence-electron chi connectivity index (χ4n) is 2.16. The van der Waals surface area contributed by atoms with Crippen molar-refractivity contribution in [3.8, 4) is 5.75 Å². The van der Waals surface area contributed by atoms with Crippen LogP contribution in [0.3, 0.4) is 0 Å². The lowest BCUT2D eigenvalue weighted by molar-refractivity contribution is -0.150. The molecule has 0 unspecified atom stereocenters. The molecule has 154 valence electrons. The molecule has 1 aromatic carbocycles. The summed E-state index contributed by atoms with van der Waals surface area (Å²) in [5, 5.41) is 7.02. The van der Waals surface area contributed by atoms with E-state index in [0.717, 1.165) is 0 Å². The van der Waals surface area contributed by atoms with Crippen LogP contribution in [0, 0.1) is 0 Å². The van der Waals surface area contributed by atoms with Gasteiger partial charge in [-0.1, -0.05) is 12.1 Å². The zero-order valence-electron chi connectivity index (χ0n) is 16.1. The summed E-state index contributed by atoms with van der Waals surface area (Å²) in [7, 11) is 1.44. The number of imide groups is 1. The van der Waals surface area contributed by atoms with E-state index >= 15 is 0 Å². The maximum absolute atomic E-state index is 12.5. The van der Waals surface area contributed by atoms with Crippen molar-refractivity contribution in [1.29, 1.82) is 0 Å². The van der Waals surface area contributed by atoms with E-state index in [0.29, 0.717) is 24.5 Å². The van der Waals surface area contributed by atoms with Gasteiger partial charge in [-0.2, -0.15) is 11.8 Å². The quantitative estimate of drug-likeness (QED) is 0.490. The molecular weight excluding hydrogens is 386 g/mol. The van der Waals surface area contributed by atoms with Crippen LogP contribution in [0.5, 0.6) is 5.75 Å². The molecule has 0 bridgehead atoms. The minimum Gasteiger partial charge on any atom is -0.496 e. The molecular formula is C18H25N3O6S. The highest BCUT2D eigenvalue weighted by molar-refractivity contribution is 7.98. The molecule has 0 saturated carbocycles. The number of amides is 4. The third kappa shape index (κ3) is 7.87. The number of nitrogens with one attached hydrogen (secondary N) is 3. The summed E-state index contributed by atoms with van der Waals surface area (Å²) in [4.78, 5) is 47.8. The maximum Gasteiger partial charge on any atom is 0.329 e. The Morgan fingerprint density at radius 1 is 1.18 bits per heavy atom. The predicted molar refractivity (Wildman–Crippen MR) is 105 cm³/mol. The van der Waals surface area contributed by atoms with Crippen molar-refractivity contribution in [3.05, 3.63) is 29.8 Å². The van der Waals surface area contributed by atoms with E-state index < -0.39 is 36.5 Å². The van der Waals surface area contributed by atoms with Gasteiger partial charge in [0.2, 0.25) is 0 Å². The summed E-state index contributed by atoms with van der Waals surface area (Å²) in [5.41, 5.74) is 0.279. The Bertz CT molecular complexity index is 698. The van der Waals surface area contributed by atoms with Crippen LogP contribution in [0.4, 0.5) is 4.79 Å². The lowest BCUT2D eigenvalue weighted by Gasteiger charge is -2.18. The van der Waals surface area contributed by atoms with E-state index in [2.05, 4.69) is 10.6 Å². The average molecular weight is 411 g/mol. The Balaban J connectivity index is 2.70. The van der Waals surface area contributed by atoms with Crippen molar-refractivity contribution < 1.29 is 28.7 Å². The molecule has 0 spiro atoms. The van der Waals surface area contributed by atoms with Crippen LogP contribution in [0.2, 0.25) is 0 Å². The molecule has 0 aliphatic rings. The topological polar surface area (TPSA) is 123 Å². The molecule has 1 atom stereocenters. The molecule has 9 nitrogen and oxygen atoms in total. The Labute approximate surface area is 167 Å². The van der Waals surface area contributed by atoms with Crippen LogP contribution in [0.25, 0.3) is 0 Å². The third-order valence-corrected chi connectivity index (χ3v) is 4.13. The van der Waals surface area contributed by atoms with Gasteiger partial charge < -0.3 is 20.1 Å². The van der Waals surface area contributed by atoms with Crippen molar-refractivity contribution in [1.82, 2.24) is 16.0 Å². The smallest absolute Gasteiger partial charge is 0.329 e. The molecule has 3 N–H and O–H groups in total. The number of rotatable bonds is 10. The second-order valence-electron chi connectivity index (χ2n) is 5.52. The van der Waals surface area contributed by atoms with Crippen molar-refractivity contribution in [2.45, 2.75) is 19.4 Å². The lowest BCUT2D eigenvalue weighted by atomic mass is 10.1. The predicted octanol–water partition coefficient (Wildman–Crippen LogP) is 0.936. The van der Waals surface area contributed by atoms with Crippen molar-refractivity contribution in [3.63, 3.8) is 0 Å². The Morgan fingerprint density at radius 2 is 1.89 bits per heavy atom. The molecule has 0 aromatic heterocycles. The zero-order chi connectivity index (χ0) is 20.9. The SMILES string of the molecule is CCNC(=O)NC(=O)COC(=O)[C@@H](CCSC)NC(=O)c1ccccc1OC. The first-order valence-corrected chi connectivity index (χ1v) is 9.99. The van der Waals surface area contributed by atoms with Gasteiger partial charge in [-0.15, -0.1) is 0 Å². The van der Waals surface area contributed by atoms with Crippen molar-refractivity contribution in [2.75, 3.05) is 32.3 Å². The van der Waals surface area contributed by atoms with E-state index in [4.69, 9.17) is 9.47 Å². The average Bonchev–Trinajstić information content (AvgIpc) is 2.69. The first-order valence-electron chi connectivity index (χ1n) is 8.60. The minimum absolute atomic E-state index is 0.279. The first kappa shape index (κ1) is 23.3. The van der Waals surface area contributed by atoms with Crippen LogP contribution in [0.1, 0.15) is 23.7 Å². The number of benzene rings is 1. The number of para-hydroxylation sites is 1. The molecule has 0 aliphatic carbocycles. The van der Waals surface area contributed by atoms with E-state index in [1.807, 2.05) is 11.6 Å². The van der Waals surface area contributed by atoms with E-state index in [-0.39, 0.29) is 5.56 Å². The molecule has 1 aromatic rings. The number of methoxy groups -OCH3 is 1. The lowest BCUT2D eigenvalue weighted by Crippen LogP contribution is -2.45. The summed E-state index contributed by atoms with van der Waals surface area (Å²) < 4.78 is 10.1. The number of hydrogen-bond donors (Lipinski definition) is 3. The number of ether oxygens (including phenoxy) is 2. The zero-order valence-corrected chi connectivity index (χ0v) is 16.9. The standard InChI is InChI=1S/C18H25N3O6S/c1-4-19-18(25)21-15(22)11-27-17(24)13(9-10-28-3)20-16(23)12-7-5-6-8-14(12)26-2/h5-8,13H,4,9-11H2,1-3H3,(H,20,23)(H2,19,21,22,25)/t13-/m1/s1. The fraction of sp³-hybridized carbons (Fsp3) is 0.444. The fourth-order valence-corrected chi connectivity index (χ4v) is 2.63. The number of esters is 1. The van der Waals surface area contributed by atoms with Gasteiger partial charge in [-0.3, -0.25) is 14.9 Å². The number of urea groups is 1. The van der Waals surface area contributed by atoms with Gasteiger partial charge in [-0.05, 0) is 37.5 Å². The normalized spacial score (nSPS) is 11.1. The molecule has 0 saturated heterocycles. The Morgan fingerprint density at radius 3 is 2.54 bits per heavy atom. The number of thioether (sulfide) groups is 1. The highest BCUT2D eigenvalue weighted by Crippen LogP contribution is 2.17. The van der Waals surface area contributed by atoms with Gasteiger partial charge in [0, 0.05) is 6.54 Å². The number of carbonyl (C=O) groups is 4. The van der Waals surface area contributed by atoms with Crippen LogP contribution >= 0.6 is 11.8 Å². The van der Waals surface area contributed by atoms with Crippen molar-refractivity contribution in [2.24, 2.45) is 0 Å². The summed E-state index contributed by atoms with van der Waals surface area (Å²) >= 11 is 1.50. The monoisotopic (exact) mass is 411 g/mol. The van der Waals surface area contributed by atoms with Crippen LogP contribution in [-0.4, -0.2) is 62.1 Å². The van der Waals surface area contributed by atoms with E-state index in [1.54, 1.807) is 31.2 Å². The highest BCUT2D eigenvalue weighted by atomic mass is 32.2. The van der Waals surface area contributed by atoms with Gasteiger partial charge >= 0.3 is 12.0 Å². The first-order chi connectivity index (χ1) is 13.4. The molecule has 0 radical (unpaired) electrons. The second-order valence-corrected chi connectivity index (χ2v) is 6.51. The summed E-state index contributed by atoms with van der Waals surface area (Å²) in [6, 6.07) is 5.00. The third-order valence-electron chi connectivity index (χ3n) is 3.49. The van der Waals surface area contributed by atoms with Gasteiger partial charge in [0.05, 0.1) is 12.7 Å².